The molecule has 0 saturated heterocycles. The number of thioether (sulfide) groups is 1. The van der Waals surface area contributed by atoms with Gasteiger partial charge in [-0.3, -0.25) is 4.98 Å². The maximum absolute atomic E-state index is 4.38. The van der Waals surface area contributed by atoms with Gasteiger partial charge in [0, 0.05) is 21.7 Å². The fourth-order valence-corrected chi connectivity index (χ4v) is 2.82. The van der Waals surface area contributed by atoms with E-state index in [4.69, 9.17) is 0 Å². The Hall–Kier alpha value is -1.07. The number of nitrogens with zero attached hydrogens (tertiary/aromatic N) is 2. The summed E-state index contributed by atoms with van der Waals surface area (Å²) < 4.78 is 1.10. The highest BCUT2D eigenvalue weighted by Gasteiger charge is 1.99. The van der Waals surface area contributed by atoms with Gasteiger partial charge in [0.25, 0.3) is 0 Å². The summed E-state index contributed by atoms with van der Waals surface area (Å²) in [7, 11) is 0. The number of rotatable bonds is 5. The first-order valence-electron chi connectivity index (χ1n) is 5.71. The van der Waals surface area contributed by atoms with Gasteiger partial charge in [-0.15, -0.1) is 11.8 Å². The molecule has 0 aliphatic carbocycles. The van der Waals surface area contributed by atoms with Gasteiger partial charge in [-0.2, -0.15) is 0 Å². The Morgan fingerprint density at radius 2 is 2.17 bits per heavy atom. The molecule has 2 rings (SSSR count). The zero-order chi connectivity index (χ0) is 12.8. The van der Waals surface area contributed by atoms with Crippen LogP contribution in [0.25, 0.3) is 0 Å². The van der Waals surface area contributed by atoms with E-state index in [2.05, 4.69) is 43.3 Å². The largest absolute Gasteiger partial charge is 0.369 e. The highest BCUT2D eigenvalue weighted by atomic mass is 79.9. The maximum atomic E-state index is 4.38. The van der Waals surface area contributed by atoms with Crippen molar-refractivity contribution in [1.29, 1.82) is 0 Å². The summed E-state index contributed by atoms with van der Waals surface area (Å²) in [5.41, 5.74) is 0.988. The Balaban J connectivity index is 1.93. The standard InChI is InChI=1S/C13H14BrN3S/c1-2-15-13-8-16-11(7-17-13)9-18-12-5-3-4-10(14)6-12/h3-8H,2,9H2,1H3,(H,15,17). The van der Waals surface area contributed by atoms with E-state index in [0.29, 0.717) is 0 Å². The first-order valence-corrected chi connectivity index (χ1v) is 7.49. The van der Waals surface area contributed by atoms with Crippen molar-refractivity contribution in [1.82, 2.24) is 9.97 Å². The highest BCUT2D eigenvalue weighted by Crippen LogP contribution is 2.24. The van der Waals surface area contributed by atoms with Crippen LogP contribution >= 0.6 is 27.7 Å². The highest BCUT2D eigenvalue weighted by molar-refractivity contribution is 9.10. The molecule has 1 N–H and O–H groups in total. The van der Waals surface area contributed by atoms with E-state index in [9.17, 15) is 0 Å². The van der Waals surface area contributed by atoms with Crippen LogP contribution in [-0.2, 0) is 5.75 Å². The summed E-state index contributed by atoms with van der Waals surface area (Å²) in [6, 6.07) is 8.25. The van der Waals surface area contributed by atoms with Gasteiger partial charge in [-0.25, -0.2) is 4.98 Å². The van der Waals surface area contributed by atoms with Gasteiger partial charge in [0.2, 0.25) is 0 Å². The van der Waals surface area contributed by atoms with Crippen LogP contribution in [-0.4, -0.2) is 16.5 Å². The van der Waals surface area contributed by atoms with E-state index < -0.39 is 0 Å². The monoisotopic (exact) mass is 323 g/mol. The predicted molar refractivity (Wildman–Crippen MR) is 79.9 cm³/mol. The molecule has 0 aliphatic rings. The second kappa shape index (κ2) is 6.75. The fraction of sp³-hybridized carbons (Fsp3) is 0.231. The van der Waals surface area contributed by atoms with Crippen molar-refractivity contribution >= 4 is 33.5 Å². The normalized spacial score (nSPS) is 10.3. The molecule has 0 saturated carbocycles. The summed E-state index contributed by atoms with van der Waals surface area (Å²) in [5, 5.41) is 3.13. The lowest BCUT2D eigenvalue weighted by Gasteiger charge is -2.04. The van der Waals surface area contributed by atoms with Crippen LogP contribution in [0.2, 0.25) is 0 Å². The number of anilines is 1. The van der Waals surface area contributed by atoms with Crippen LogP contribution in [0.1, 0.15) is 12.6 Å². The quantitative estimate of drug-likeness (QED) is 0.845. The van der Waals surface area contributed by atoms with Gasteiger partial charge in [-0.1, -0.05) is 22.0 Å². The SMILES string of the molecule is CCNc1cnc(CSc2cccc(Br)c2)cn1. The molecule has 0 atom stereocenters. The maximum Gasteiger partial charge on any atom is 0.144 e. The molecule has 1 aromatic carbocycles. The van der Waals surface area contributed by atoms with Gasteiger partial charge in [0.05, 0.1) is 18.1 Å². The van der Waals surface area contributed by atoms with Gasteiger partial charge in [0.1, 0.15) is 5.82 Å². The van der Waals surface area contributed by atoms with Gasteiger partial charge >= 0.3 is 0 Å². The van der Waals surface area contributed by atoms with E-state index in [0.717, 1.165) is 28.3 Å². The number of benzene rings is 1. The summed E-state index contributed by atoms with van der Waals surface area (Å²) in [6.45, 7) is 2.90. The molecule has 0 fully saturated rings. The molecule has 18 heavy (non-hydrogen) atoms. The van der Waals surface area contributed by atoms with Crippen molar-refractivity contribution in [2.45, 2.75) is 17.6 Å². The van der Waals surface area contributed by atoms with E-state index in [1.165, 1.54) is 4.90 Å². The Kier molecular flexibility index (Phi) is 5.01. The fourth-order valence-electron chi connectivity index (χ4n) is 1.42. The number of halogens is 1. The average Bonchev–Trinajstić information content (AvgIpc) is 2.38. The number of aromatic nitrogens is 2. The lowest BCUT2D eigenvalue weighted by atomic mass is 10.4. The molecule has 0 bridgehead atoms. The molecule has 1 aromatic heterocycles. The first-order chi connectivity index (χ1) is 8.78. The molecule has 3 nitrogen and oxygen atoms in total. The molecule has 0 amide bonds. The second-order valence-corrected chi connectivity index (χ2v) is 5.63. The zero-order valence-electron chi connectivity index (χ0n) is 10.1. The minimum absolute atomic E-state index is 0.828. The Morgan fingerprint density at radius 1 is 1.28 bits per heavy atom. The van der Waals surface area contributed by atoms with Crippen molar-refractivity contribution in [3.05, 3.63) is 46.8 Å². The summed E-state index contributed by atoms with van der Waals surface area (Å²) in [4.78, 5) is 9.90. The van der Waals surface area contributed by atoms with E-state index in [-0.39, 0.29) is 0 Å². The third kappa shape index (κ3) is 3.99. The van der Waals surface area contributed by atoms with Gasteiger partial charge in [-0.05, 0) is 25.1 Å². The van der Waals surface area contributed by atoms with Crippen molar-refractivity contribution in [3.63, 3.8) is 0 Å². The third-order valence-electron chi connectivity index (χ3n) is 2.25. The van der Waals surface area contributed by atoms with Crippen LogP contribution in [0, 0.1) is 0 Å². The van der Waals surface area contributed by atoms with E-state index >= 15 is 0 Å². The van der Waals surface area contributed by atoms with Crippen LogP contribution in [0.4, 0.5) is 5.82 Å². The smallest absolute Gasteiger partial charge is 0.144 e. The average molecular weight is 324 g/mol. The van der Waals surface area contributed by atoms with Crippen molar-refractivity contribution in [2.24, 2.45) is 0 Å². The topological polar surface area (TPSA) is 37.8 Å². The zero-order valence-corrected chi connectivity index (χ0v) is 12.5. The molecule has 0 spiro atoms. The lowest BCUT2D eigenvalue weighted by Crippen LogP contribution is -2.00. The minimum atomic E-state index is 0.828. The lowest BCUT2D eigenvalue weighted by molar-refractivity contribution is 1.07. The van der Waals surface area contributed by atoms with Crippen molar-refractivity contribution in [3.8, 4) is 0 Å². The number of hydrogen-bond acceptors (Lipinski definition) is 4. The predicted octanol–water partition coefficient (Wildman–Crippen LogP) is 3.96. The van der Waals surface area contributed by atoms with Gasteiger partial charge < -0.3 is 5.32 Å². The molecule has 2 aromatic rings. The summed E-state index contributed by atoms with van der Waals surface area (Å²) in [5.74, 6) is 1.66. The molecule has 0 aliphatic heterocycles. The Bertz CT molecular complexity index is 502. The van der Waals surface area contributed by atoms with Crippen LogP contribution in [0.5, 0.6) is 0 Å². The third-order valence-corrected chi connectivity index (χ3v) is 3.77. The molecule has 0 unspecified atom stereocenters. The van der Waals surface area contributed by atoms with E-state index in [1.807, 2.05) is 25.3 Å². The van der Waals surface area contributed by atoms with Crippen molar-refractivity contribution < 1.29 is 0 Å². The summed E-state index contributed by atoms with van der Waals surface area (Å²) in [6.07, 6.45) is 3.60. The summed E-state index contributed by atoms with van der Waals surface area (Å²) >= 11 is 5.22. The van der Waals surface area contributed by atoms with Crippen LogP contribution in [0.3, 0.4) is 0 Å². The molecule has 5 heteroatoms. The molecule has 94 valence electrons. The molecular formula is C13H14BrN3S. The van der Waals surface area contributed by atoms with Crippen LogP contribution < -0.4 is 5.32 Å². The number of hydrogen-bond donors (Lipinski definition) is 1. The molecule has 1 heterocycles. The van der Waals surface area contributed by atoms with Gasteiger partial charge in [0.15, 0.2) is 0 Å². The van der Waals surface area contributed by atoms with E-state index in [1.54, 1.807) is 18.0 Å². The minimum Gasteiger partial charge on any atom is -0.369 e. The van der Waals surface area contributed by atoms with Crippen LogP contribution in [0.15, 0.2) is 46.0 Å². The number of nitrogens with one attached hydrogen (secondary N) is 1. The van der Waals surface area contributed by atoms with Crippen molar-refractivity contribution in [2.75, 3.05) is 11.9 Å². The molecular weight excluding hydrogens is 310 g/mol. The Labute approximate surface area is 120 Å². The molecule has 0 radical (unpaired) electrons. The second-order valence-electron chi connectivity index (χ2n) is 3.67. The Morgan fingerprint density at radius 3 is 2.83 bits per heavy atom. The first kappa shape index (κ1) is 13.4.